The zero-order chi connectivity index (χ0) is 21.4. The predicted octanol–water partition coefficient (Wildman–Crippen LogP) is 5.00. The second kappa shape index (κ2) is 9.86. The smallest absolute Gasteiger partial charge is 0.422 e. The Morgan fingerprint density at radius 2 is 1.83 bits per heavy atom. The summed E-state index contributed by atoms with van der Waals surface area (Å²) in [6.45, 7) is 2.62. The molecule has 1 N–H and O–H groups in total. The molecule has 0 saturated heterocycles. The largest absolute Gasteiger partial charge is 0.493 e. The van der Waals surface area contributed by atoms with E-state index in [1.54, 1.807) is 37.3 Å². The number of hydrogen-bond acceptors (Lipinski definition) is 4. The third-order valence-corrected chi connectivity index (χ3v) is 3.70. The molecule has 1 amide bonds. The maximum absolute atomic E-state index is 12.4. The fourth-order valence-electron chi connectivity index (χ4n) is 2.42. The molecule has 0 saturated carbocycles. The fourth-order valence-corrected chi connectivity index (χ4v) is 2.42. The van der Waals surface area contributed by atoms with E-state index in [0.29, 0.717) is 29.2 Å². The summed E-state index contributed by atoms with van der Waals surface area (Å²) in [4.78, 5) is 12.2. The van der Waals surface area contributed by atoms with Crippen molar-refractivity contribution in [2.75, 3.05) is 25.6 Å². The van der Waals surface area contributed by atoms with Gasteiger partial charge in [0.15, 0.2) is 18.1 Å². The van der Waals surface area contributed by atoms with Crippen LogP contribution in [0.1, 0.15) is 18.1 Å². The van der Waals surface area contributed by atoms with Crippen LogP contribution in [0.4, 0.5) is 18.9 Å². The molecule has 2 aromatic carbocycles. The van der Waals surface area contributed by atoms with E-state index in [1.165, 1.54) is 25.3 Å². The molecule has 8 heteroatoms. The van der Waals surface area contributed by atoms with Gasteiger partial charge >= 0.3 is 6.18 Å². The highest BCUT2D eigenvalue weighted by Crippen LogP contribution is 2.29. The Morgan fingerprint density at radius 3 is 2.48 bits per heavy atom. The summed E-state index contributed by atoms with van der Waals surface area (Å²) in [5.74, 6) is 0.545. The maximum Gasteiger partial charge on any atom is 0.422 e. The van der Waals surface area contributed by atoms with Gasteiger partial charge in [-0.3, -0.25) is 4.79 Å². The highest BCUT2D eigenvalue weighted by atomic mass is 19.4. The van der Waals surface area contributed by atoms with E-state index in [0.717, 1.165) is 0 Å². The molecule has 0 fully saturated rings. The molecule has 0 unspecified atom stereocenters. The molecule has 156 valence electrons. The number of nitrogens with one attached hydrogen (secondary N) is 1. The lowest BCUT2D eigenvalue weighted by molar-refractivity contribution is -0.153. The van der Waals surface area contributed by atoms with Gasteiger partial charge in [0.1, 0.15) is 5.75 Å². The third kappa shape index (κ3) is 7.06. The standard InChI is InChI=1S/C21H22F3NO4/c1-4-28-17-9-6-15(12-19(17)27-3)7-10-20(26)25-16-8-5-14(2)11-18(16)29-13-21(22,23)24/h5-12H,4,13H2,1-3H3,(H,25,26)/b10-7+. The van der Waals surface area contributed by atoms with Crippen molar-refractivity contribution in [1.29, 1.82) is 0 Å². The Bertz CT molecular complexity index is 879. The zero-order valence-electron chi connectivity index (χ0n) is 16.3. The molecule has 0 heterocycles. The van der Waals surface area contributed by atoms with Crippen LogP contribution in [-0.2, 0) is 4.79 Å². The van der Waals surface area contributed by atoms with Crippen LogP contribution < -0.4 is 19.5 Å². The first-order valence-electron chi connectivity index (χ1n) is 8.82. The molecule has 5 nitrogen and oxygen atoms in total. The van der Waals surface area contributed by atoms with Crippen LogP contribution in [-0.4, -0.2) is 32.4 Å². The summed E-state index contributed by atoms with van der Waals surface area (Å²) in [7, 11) is 1.51. The Labute approximate surface area is 167 Å². The number of alkyl halides is 3. The summed E-state index contributed by atoms with van der Waals surface area (Å²) >= 11 is 0. The molecule has 0 radical (unpaired) electrons. The van der Waals surface area contributed by atoms with Crippen molar-refractivity contribution in [3.8, 4) is 17.2 Å². The summed E-state index contributed by atoms with van der Waals surface area (Å²) < 4.78 is 52.8. The summed E-state index contributed by atoms with van der Waals surface area (Å²) in [6.07, 6.45) is -1.65. The van der Waals surface area contributed by atoms with E-state index in [4.69, 9.17) is 14.2 Å². The van der Waals surface area contributed by atoms with E-state index in [2.05, 4.69) is 5.32 Å². The minimum atomic E-state index is -4.47. The van der Waals surface area contributed by atoms with Crippen LogP contribution in [0.25, 0.3) is 6.08 Å². The van der Waals surface area contributed by atoms with Crippen molar-refractivity contribution in [2.45, 2.75) is 20.0 Å². The number of methoxy groups -OCH3 is 1. The predicted molar refractivity (Wildman–Crippen MR) is 105 cm³/mol. The number of halogens is 3. The van der Waals surface area contributed by atoms with Crippen LogP contribution >= 0.6 is 0 Å². The lowest BCUT2D eigenvalue weighted by Gasteiger charge is -2.14. The first-order chi connectivity index (χ1) is 13.7. The zero-order valence-corrected chi connectivity index (χ0v) is 16.3. The van der Waals surface area contributed by atoms with Crippen molar-refractivity contribution in [3.63, 3.8) is 0 Å². The van der Waals surface area contributed by atoms with Crippen LogP contribution in [0.3, 0.4) is 0 Å². The van der Waals surface area contributed by atoms with Crippen LogP contribution in [0.2, 0.25) is 0 Å². The van der Waals surface area contributed by atoms with Gasteiger partial charge < -0.3 is 19.5 Å². The van der Waals surface area contributed by atoms with Gasteiger partial charge in [0.2, 0.25) is 5.91 Å². The normalized spacial score (nSPS) is 11.4. The van der Waals surface area contributed by atoms with Crippen molar-refractivity contribution in [1.82, 2.24) is 0 Å². The van der Waals surface area contributed by atoms with E-state index < -0.39 is 18.7 Å². The number of amides is 1. The summed E-state index contributed by atoms with van der Waals surface area (Å²) in [6, 6.07) is 9.77. The minimum absolute atomic E-state index is 0.0492. The fraction of sp³-hybridized carbons (Fsp3) is 0.286. The Kier molecular flexibility index (Phi) is 7.52. The molecule has 0 aliphatic carbocycles. The third-order valence-electron chi connectivity index (χ3n) is 3.70. The Hall–Kier alpha value is -3.16. The van der Waals surface area contributed by atoms with E-state index >= 15 is 0 Å². The number of hydrogen-bond donors (Lipinski definition) is 1. The van der Waals surface area contributed by atoms with Crippen LogP contribution in [0.15, 0.2) is 42.5 Å². The number of aryl methyl sites for hydroxylation is 1. The number of carbonyl (C=O) groups is 1. The second-order valence-electron chi connectivity index (χ2n) is 6.07. The number of ether oxygens (including phenoxy) is 3. The minimum Gasteiger partial charge on any atom is -0.493 e. The van der Waals surface area contributed by atoms with Gasteiger partial charge in [-0.05, 0) is 55.3 Å². The lowest BCUT2D eigenvalue weighted by atomic mass is 10.2. The average Bonchev–Trinajstić information content (AvgIpc) is 2.67. The van der Waals surface area contributed by atoms with E-state index in [1.807, 2.05) is 6.92 Å². The van der Waals surface area contributed by atoms with E-state index in [-0.39, 0.29) is 11.4 Å². The molecule has 0 bridgehead atoms. The van der Waals surface area contributed by atoms with Crippen molar-refractivity contribution in [3.05, 3.63) is 53.6 Å². The van der Waals surface area contributed by atoms with Crippen molar-refractivity contribution < 1.29 is 32.2 Å². The Morgan fingerprint density at radius 1 is 1.07 bits per heavy atom. The molecule has 0 atom stereocenters. The van der Waals surface area contributed by atoms with Crippen molar-refractivity contribution >= 4 is 17.7 Å². The lowest BCUT2D eigenvalue weighted by Crippen LogP contribution is -2.20. The van der Waals surface area contributed by atoms with Gasteiger partial charge in [0.05, 0.1) is 19.4 Å². The number of anilines is 1. The topological polar surface area (TPSA) is 56.8 Å². The highest BCUT2D eigenvalue weighted by Gasteiger charge is 2.29. The average molecular weight is 409 g/mol. The van der Waals surface area contributed by atoms with Gasteiger partial charge in [-0.1, -0.05) is 12.1 Å². The maximum atomic E-state index is 12.4. The monoisotopic (exact) mass is 409 g/mol. The van der Waals surface area contributed by atoms with Gasteiger partial charge in [-0.25, -0.2) is 0 Å². The molecule has 29 heavy (non-hydrogen) atoms. The number of rotatable bonds is 8. The van der Waals surface area contributed by atoms with Gasteiger partial charge in [-0.2, -0.15) is 13.2 Å². The summed E-state index contributed by atoms with van der Waals surface area (Å²) in [5, 5.41) is 2.53. The Balaban J connectivity index is 2.11. The molecule has 2 rings (SSSR count). The van der Waals surface area contributed by atoms with Crippen LogP contribution in [0.5, 0.6) is 17.2 Å². The molecule has 0 aliphatic heterocycles. The molecular weight excluding hydrogens is 387 g/mol. The number of carbonyl (C=O) groups excluding carboxylic acids is 1. The van der Waals surface area contributed by atoms with Gasteiger partial charge in [-0.15, -0.1) is 0 Å². The van der Waals surface area contributed by atoms with Gasteiger partial charge in [0.25, 0.3) is 0 Å². The first kappa shape index (κ1) is 22.1. The van der Waals surface area contributed by atoms with Crippen molar-refractivity contribution in [2.24, 2.45) is 0 Å². The second-order valence-corrected chi connectivity index (χ2v) is 6.07. The van der Waals surface area contributed by atoms with Gasteiger partial charge in [0, 0.05) is 6.08 Å². The quantitative estimate of drug-likeness (QED) is 0.624. The SMILES string of the molecule is CCOc1ccc(/C=C/C(=O)Nc2ccc(C)cc2OCC(F)(F)F)cc1OC. The molecule has 2 aromatic rings. The molecule has 0 spiro atoms. The van der Waals surface area contributed by atoms with Crippen LogP contribution in [0, 0.1) is 6.92 Å². The van der Waals surface area contributed by atoms with E-state index in [9.17, 15) is 18.0 Å². The molecular formula is C21H22F3NO4. The first-order valence-corrected chi connectivity index (χ1v) is 8.82. The molecule has 0 aliphatic rings. The summed E-state index contributed by atoms with van der Waals surface area (Å²) in [5.41, 5.74) is 1.55. The molecule has 0 aromatic heterocycles. The number of benzene rings is 2. The highest BCUT2D eigenvalue weighted by molar-refractivity contribution is 6.02.